The fourth-order valence-corrected chi connectivity index (χ4v) is 8.09. The molecule has 5 rings (SSSR count). The predicted molar refractivity (Wildman–Crippen MR) is 201 cm³/mol. The van der Waals surface area contributed by atoms with Gasteiger partial charge in [-0.15, -0.1) is 0 Å². The van der Waals surface area contributed by atoms with Gasteiger partial charge in [0.25, 0.3) is 0 Å². The highest BCUT2D eigenvalue weighted by Crippen LogP contribution is 2.36. The summed E-state index contributed by atoms with van der Waals surface area (Å²) in [5.41, 5.74) is 0. The maximum absolute atomic E-state index is 11.5. The van der Waals surface area contributed by atoms with Crippen LogP contribution in [0, 0.1) is 0 Å². The third-order valence-electron chi connectivity index (χ3n) is 12.1. The van der Waals surface area contributed by atoms with E-state index < -0.39 is 224 Å². The molecular formula is C36H64O31. The van der Waals surface area contributed by atoms with Crippen LogP contribution in [-0.2, 0) is 47.4 Å². The minimum atomic E-state index is -2.28. The molecule has 5 saturated heterocycles. The second kappa shape index (κ2) is 24.9. The molecule has 0 spiro atoms. The van der Waals surface area contributed by atoms with Crippen molar-refractivity contribution < 1.29 is 155 Å². The number of aliphatic hydroxyl groups is 21. The summed E-state index contributed by atoms with van der Waals surface area (Å²) in [5.74, 6) is 0. The molecule has 394 valence electrons. The molecule has 21 N–H and O–H groups in total. The highest BCUT2D eigenvalue weighted by molar-refractivity contribution is 4.99. The van der Waals surface area contributed by atoms with Crippen molar-refractivity contribution in [2.75, 3.05) is 46.2 Å². The van der Waals surface area contributed by atoms with Crippen molar-refractivity contribution in [2.24, 2.45) is 0 Å². The molecule has 0 aliphatic carbocycles. The maximum atomic E-state index is 11.5. The predicted octanol–water partition coefficient (Wildman–Crippen LogP) is -14.5. The molecule has 0 aromatic rings. The van der Waals surface area contributed by atoms with Crippen LogP contribution >= 0.6 is 0 Å². The van der Waals surface area contributed by atoms with Crippen molar-refractivity contribution in [3.63, 3.8) is 0 Å². The molecule has 5 fully saturated rings. The molecular weight excluding hydrogens is 928 g/mol. The molecule has 0 aromatic carbocycles. The lowest BCUT2D eigenvalue weighted by Crippen LogP contribution is -2.68. The first kappa shape index (κ1) is 56.7. The molecule has 0 bridgehead atoms. The molecule has 5 aliphatic rings. The van der Waals surface area contributed by atoms with Crippen molar-refractivity contribution in [2.45, 2.75) is 178 Å². The van der Waals surface area contributed by atoms with Crippen LogP contribution in [0.2, 0.25) is 0 Å². The van der Waals surface area contributed by atoms with Gasteiger partial charge < -0.3 is 155 Å². The van der Waals surface area contributed by atoms with Crippen molar-refractivity contribution in [3.8, 4) is 0 Å². The van der Waals surface area contributed by atoms with Gasteiger partial charge in [-0.2, -0.15) is 0 Å². The van der Waals surface area contributed by atoms with Crippen LogP contribution < -0.4 is 0 Å². The molecule has 0 unspecified atom stereocenters. The van der Waals surface area contributed by atoms with Crippen LogP contribution in [0.15, 0.2) is 0 Å². The topological polar surface area (TPSA) is 517 Å². The maximum Gasteiger partial charge on any atom is 0.187 e. The molecule has 0 radical (unpaired) electrons. The SMILES string of the molecule is OC[C@@H](O)[C@@H](O)[C@H](O[C@@H]1O[C@H](CO)[C@@H](O)[C@H](O[C@@H]2O[C@H](CO)[C@@H](O)[C@H](O[C@@H]3O[C@H](CO)[C@@H](O)[C@H](O[C@@H]4O[C@H](CO)[C@@H](O)[C@H](O[C@@H]5O[C@H](CO)[C@@H](O)[C@H](O)[C@H]5O)[C@H]4O)[C@H]3O)[C@H]2O)[C@H]1O)[C@H](O)CO. The standard InChI is InChI=1S/C36H64O31/c37-1-8(44)15(46)27(9(45)2-38)63-33-23(54)29(18(49)11(4-40)59-33)65-35-25(56)31(20(51)13(6-42)61-35)67-36-26(57)30(19(50)14(7-43)62-36)66-34-24(55)28(17(48)12(5-41)60-34)64-32-22(53)21(52)16(47)10(3-39)58-32/h8-57H,1-7H2/t8-,9-,10-,11-,12-,13-,14-,15-,16-,17-,18-,19-,20-,21+,22-,23-,24-,25-,26-,27-,28+,29+,30+,31+,32+,33+,34+,35+,36+/m1/s1. The van der Waals surface area contributed by atoms with Gasteiger partial charge in [0.1, 0.15) is 146 Å². The van der Waals surface area contributed by atoms with E-state index in [2.05, 4.69) is 0 Å². The second-order valence-corrected chi connectivity index (χ2v) is 16.5. The van der Waals surface area contributed by atoms with Crippen LogP contribution in [0.5, 0.6) is 0 Å². The number of hydrogen-bond acceptors (Lipinski definition) is 31. The first-order valence-electron chi connectivity index (χ1n) is 21.1. The zero-order chi connectivity index (χ0) is 49.8. The Morgan fingerprint density at radius 1 is 0.313 bits per heavy atom. The Balaban J connectivity index is 1.35. The van der Waals surface area contributed by atoms with E-state index in [1.807, 2.05) is 0 Å². The highest BCUT2D eigenvalue weighted by Gasteiger charge is 2.57. The van der Waals surface area contributed by atoms with E-state index in [1.165, 1.54) is 0 Å². The van der Waals surface area contributed by atoms with Crippen molar-refractivity contribution in [1.29, 1.82) is 0 Å². The van der Waals surface area contributed by atoms with Crippen LogP contribution in [0.3, 0.4) is 0 Å². The normalized spacial score (nSPS) is 48.4. The quantitative estimate of drug-likeness (QED) is 0.0538. The molecule has 29 atom stereocenters. The molecule has 5 heterocycles. The summed E-state index contributed by atoms with van der Waals surface area (Å²) in [7, 11) is 0. The van der Waals surface area contributed by atoms with Gasteiger partial charge in [-0.05, 0) is 0 Å². The summed E-state index contributed by atoms with van der Waals surface area (Å²) < 4.78 is 55.2. The minimum Gasteiger partial charge on any atom is -0.394 e. The Morgan fingerprint density at radius 2 is 0.582 bits per heavy atom. The molecule has 67 heavy (non-hydrogen) atoms. The minimum absolute atomic E-state index is 0.880. The van der Waals surface area contributed by atoms with Crippen molar-refractivity contribution >= 4 is 0 Å². The monoisotopic (exact) mass is 992 g/mol. The van der Waals surface area contributed by atoms with Crippen LogP contribution in [-0.4, -0.2) is 331 Å². The lowest BCUT2D eigenvalue weighted by molar-refractivity contribution is -0.396. The number of hydrogen-bond donors (Lipinski definition) is 21. The third kappa shape index (κ3) is 12.2. The van der Waals surface area contributed by atoms with Gasteiger partial charge in [0.15, 0.2) is 31.5 Å². The van der Waals surface area contributed by atoms with Crippen LogP contribution in [0.4, 0.5) is 0 Å². The van der Waals surface area contributed by atoms with E-state index in [0.717, 1.165) is 0 Å². The molecule has 0 aromatic heterocycles. The van der Waals surface area contributed by atoms with Gasteiger partial charge in [-0.3, -0.25) is 0 Å². The van der Waals surface area contributed by atoms with Crippen molar-refractivity contribution in [3.05, 3.63) is 0 Å². The van der Waals surface area contributed by atoms with E-state index in [0.29, 0.717) is 0 Å². The fourth-order valence-electron chi connectivity index (χ4n) is 8.09. The summed E-state index contributed by atoms with van der Waals surface area (Å²) in [6.45, 7) is -7.16. The van der Waals surface area contributed by atoms with Gasteiger partial charge in [0.2, 0.25) is 0 Å². The average Bonchev–Trinajstić information content (AvgIpc) is 3.32. The average molecular weight is 993 g/mol. The van der Waals surface area contributed by atoms with E-state index in [4.69, 9.17) is 47.4 Å². The number of ether oxygens (including phenoxy) is 10. The molecule has 0 saturated carbocycles. The summed E-state index contributed by atoms with van der Waals surface area (Å²) in [5, 5.41) is 220. The van der Waals surface area contributed by atoms with Crippen LogP contribution in [0.1, 0.15) is 0 Å². The van der Waals surface area contributed by atoms with E-state index >= 15 is 0 Å². The van der Waals surface area contributed by atoms with Gasteiger partial charge in [0.05, 0.1) is 46.2 Å². The summed E-state index contributed by atoms with van der Waals surface area (Å²) in [6.07, 6.45) is -57.9. The highest BCUT2D eigenvalue weighted by atomic mass is 16.8. The Morgan fingerprint density at radius 3 is 0.881 bits per heavy atom. The number of rotatable bonds is 20. The summed E-state index contributed by atoms with van der Waals surface area (Å²) in [4.78, 5) is 0. The molecule has 5 aliphatic heterocycles. The summed E-state index contributed by atoms with van der Waals surface area (Å²) >= 11 is 0. The van der Waals surface area contributed by atoms with Gasteiger partial charge in [-0.1, -0.05) is 0 Å². The van der Waals surface area contributed by atoms with Gasteiger partial charge in [-0.25, -0.2) is 0 Å². The van der Waals surface area contributed by atoms with E-state index in [1.54, 1.807) is 0 Å². The lowest BCUT2D eigenvalue weighted by atomic mass is 9.95. The number of aliphatic hydroxyl groups excluding tert-OH is 21. The van der Waals surface area contributed by atoms with Gasteiger partial charge in [0, 0.05) is 0 Å². The lowest BCUT2D eigenvalue weighted by Gasteiger charge is -2.50. The van der Waals surface area contributed by atoms with E-state index in [9.17, 15) is 107 Å². The summed E-state index contributed by atoms with van der Waals surface area (Å²) in [6, 6.07) is 0. The smallest absolute Gasteiger partial charge is 0.187 e. The van der Waals surface area contributed by atoms with Crippen LogP contribution in [0.25, 0.3) is 0 Å². The zero-order valence-electron chi connectivity index (χ0n) is 35.2. The van der Waals surface area contributed by atoms with E-state index in [-0.39, 0.29) is 0 Å². The Bertz CT molecular complexity index is 1460. The Hall–Kier alpha value is -1.24. The molecule has 31 nitrogen and oxygen atoms in total. The largest absolute Gasteiger partial charge is 0.394 e. The Kier molecular flexibility index (Phi) is 21.1. The fraction of sp³-hybridized carbons (Fsp3) is 1.00. The second-order valence-electron chi connectivity index (χ2n) is 16.5. The Labute approximate surface area is 378 Å². The van der Waals surface area contributed by atoms with Crippen molar-refractivity contribution in [1.82, 2.24) is 0 Å². The van der Waals surface area contributed by atoms with Gasteiger partial charge >= 0.3 is 0 Å². The first-order valence-corrected chi connectivity index (χ1v) is 21.1. The molecule has 31 heteroatoms. The first-order chi connectivity index (χ1) is 31.7. The molecule has 0 amide bonds. The third-order valence-corrected chi connectivity index (χ3v) is 12.1. The zero-order valence-corrected chi connectivity index (χ0v) is 35.2.